The third kappa shape index (κ3) is 5.04. The molecule has 3 N–H and O–H groups in total. The maximum atomic E-state index is 13.5. The predicted octanol–water partition coefficient (Wildman–Crippen LogP) is 4.01. The number of halogens is 3. The molecule has 0 spiro atoms. The molecule has 1 amide bonds. The summed E-state index contributed by atoms with van der Waals surface area (Å²) in [5.41, 5.74) is 6.79. The maximum absolute atomic E-state index is 13.5. The molecule has 8 nitrogen and oxygen atoms in total. The lowest BCUT2D eigenvalue weighted by Gasteiger charge is -2.21. The second kappa shape index (κ2) is 10.3. The Kier molecular flexibility index (Phi) is 7.00. The molecule has 0 aliphatic carbocycles. The molecule has 0 atom stereocenters. The molecule has 0 saturated heterocycles. The molecular formula is C25H20F3N5O3. The standard InChI is InChI=1S/C25H20F3N5O3/c1-33-18(12-15-4-2-3-5-19(15)36-25(27)28)22(32-23(34)17-13-30-10-11-31-17)21(29)20(24(33)35)14-6-8-16(26)9-7-14/h2-11,13,25H,12,29H2,1H3,(H,32,34). The first-order chi connectivity index (χ1) is 17.3. The number of rotatable bonds is 7. The van der Waals surface area contributed by atoms with Gasteiger partial charge in [0.25, 0.3) is 11.5 Å². The summed E-state index contributed by atoms with van der Waals surface area (Å²) < 4.78 is 45.3. The fraction of sp³-hybridized carbons (Fsp3) is 0.120. The fourth-order valence-electron chi connectivity index (χ4n) is 3.73. The first-order valence-electron chi connectivity index (χ1n) is 10.6. The van der Waals surface area contributed by atoms with Gasteiger partial charge >= 0.3 is 6.61 Å². The molecule has 184 valence electrons. The van der Waals surface area contributed by atoms with Gasteiger partial charge in [-0.15, -0.1) is 0 Å². The highest BCUT2D eigenvalue weighted by Crippen LogP contribution is 2.34. The number of pyridine rings is 1. The molecule has 4 rings (SSSR count). The van der Waals surface area contributed by atoms with Crippen molar-refractivity contribution in [2.24, 2.45) is 7.05 Å². The molecule has 0 bridgehead atoms. The highest BCUT2D eigenvalue weighted by atomic mass is 19.3. The molecule has 4 aromatic rings. The average Bonchev–Trinajstić information content (AvgIpc) is 2.87. The van der Waals surface area contributed by atoms with E-state index in [1.807, 2.05) is 0 Å². The smallest absolute Gasteiger partial charge is 0.387 e. The van der Waals surface area contributed by atoms with Gasteiger partial charge in [0.15, 0.2) is 0 Å². The van der Waals surface area contributed by atoms with Crippen molar-refractivity contribution in [2.75, 3.05) is 11.1 Å². The van der Waals surface area contributed by atoms with E-state index in [9.17, 15) is 22.8 Å². The number of benzene rings is 2. The third-order valence-corrected chi connectivity index (χ3v) is 5.46. The maximum Gasteiger partial charge on any atom is 0.387 e. The number of nitrogens with two attached hydrogens (primary N) is 1. The zero-order valence-electron chi connectivity index (χ0n) is 18.9. The van der Waals surface area contributed by atoms with Gasteiger partial charge in [-0.2, -0.15) is 8.78 Å². The van der Waals surface area contributed by atoms with Crippen molar-refractivity contribution >= 4 is 17.3 Å². The van der Waals surface area contributed by atoms with Crippen LogP contribution in [-0.4, -0.2) is 27.1 Å². The van der Waals surface area contributed by atoms with E-state index in [2.05, 4.69) is 20.0 Å². The Balaban J connectivity index is 1.89. The zero-order chi connectivity index (χ0) is 25.8. The average molecular weight is 495 g/mol. The van der Waals surface area contributed by atoms with Crippen LogP contribution in [0.5, 0.6) is 5.75 Å². The van der Waals surface area contributed by atoms with Crippen molar-refractivity contribution < 1.29 is 22.7 Å². The van der Waals surface area contributed by atoms with Gasteiger partial charge in [-0.3, -0.25) is 14.6 Å². The van der Waals surface area contributed by atoms with Crippen LogP contribution in [0.1, 0.15) is 21.7 Å². The van der Waals surface area contributed by atoms with Crippen molar-refractivity contribution in [3.8, 4) is 16.9 Å². The Labute approximate surface area is 203 Å². The quantitative estimate of drug-likeness (QED) is 0.401. The Bertz CT molecular complexity index is 1460. The van der Waals surface area contributed by atoms with Gasteiger partial charge in [-0.1, -0.05) is 30.3 Å². The number of ether oxygens (including phenoxy) is 1. The van der Waals surface area contributed by atoms with Gasteiger partial charge in [-0.25, -0.2) is 9.37 Å². The first kappa shape index (κ1) is 24.5. The van der Waals surface area contributed by atoms with E-state index >= 15 is 0 Å². The monoisotopic (exact) mass is 495 g/mol. The highest BCUT2D eigenvalue weighted by molar-refractivity contribution is 6.06. The van der Waals surface area contributed by atoms with E-state index in [4.69, 9.17) is 5.73 Å². The zero-order valence-corrected chi connectivity index (χ0v) is 18.9. The summed E-state index contributed by atoms with van der Waals surface area (Å²) in [5, 5.41) is 2.68. The molecule has 0 aliphatic heterocycles. The Morgan fingerprint density at radius 1 is 1.14 bits per heavy atom. The predicted molar refractivity (Wildman–Crippen MR) is 127 cm³/mol. The number of carbonyl (C=O) groups is 1. The van der Waals surface area contributed by atoms with E-state index in [1.54, 1.807) is 12.1 Å². The van der Waals surface area contributed by atoms with E-state index in [-0.39, 0.29) is 40.5 Å². The van der Waals surface area contributed by atoms with Crippen LogP contribution in [0, 0.1) is 5.82 Å². The number of hydrogen-bond donors (Lipinski definition) is 2. The molecule has 0 aliphatic rings. The number of hydrogen-bond acceptors (Lipinski definition) is 6. The lowest BCUT2D eigenvalue weighted by atomic mass is 10.00. The van der Waals surface area contributed by atoms with Gasteiger partial charge in [-0.05, 0) is 23.8 Å². The number of carbonyl (C=O) groups excluding carboxylic acids is 1. The molecule has 0 saturated carbocycles. The van der Waals surface area contributed by atoms with Crippen molar-refractivity contribution in [2.45, 2.75) is 13.0 Å². The number of para-hydroxylation sites is 1. The summed E-state index contributed by atoms with van der Waals surface area (Å²) >= 11 is 0. The van der Waals surface area contributed by atoms with Gasteiger partial charge in [0.1, 0.15) is 17.3 Å². The molecule has 36 heavy (non-hydrogen) atoms. The number of amides is 1. The van der Waals surface area contributed by atoms with E-state index < -0.39 is 23.9 Å². The number of nitrogen functional groups attached to an aromatic ring is 1. The van der Waals surface area contributed by atoms with Gasteiger partial charge < -0.3 is 20.4 Å². The highest BCUT2D eigenvalue weighted by Gasteiger charge is 2.23. The second-order valence-corrected chi connectivity index (χ2v) is 7.69. The van der Waals surface area contributed by atoms with Gasteiger partial charge in [0.05, 0.1) is 28.8 Å². The fourth-order valence-corrected chi connectivity index (χ4v) is 3.73. The van der Waals surface area contributed by atoms with Crippen LogP contribution in [-0.2, 0) is 13.5 Å². The second-order valence-electron chi connectivity index (χ2n) is 7.69. The molecule has 2 aromatic carbocycles. The molecule has 2 heterocycles. The van der Waals surface area contributed by atoms with Crippen LogP contribution < -0.4 is 21.3 Å². The SMILES string of the molecule is Cn1c(Cc2ccccc2OC(F)F)c(NC(=O)c2cnccn2)c(N)c(-c2ccc(F)cc2)c1=O. The number of alkyl halides is 2. The van der Waals surface area contributed by atoms with Crippen molar-refractivity contribution in [1.29, 1.82) is 0 Å². The van der Waals surface area contributed by atoms with E-state index in [0.29, 0.717) is 11.1 Å². The van der Waals surface area contributed by atoms with Crippen LogP contribution in [0.2, 0.25) is 0 Å². The molecular weight excluding hydrogens is 475 g/mol. The normalized spacial score (nSPS) is 10.9. The molecule has 2 aromatic heterocycles. The minimum Gasteiger partial charge on any atom is -0.435 e. The van der Waals surface area contributed by atoms with Crippen molar-refractivity contribution in [3.05, 3.63) is 100 Å². The number of aromatic nitrogens is 3. The first-order valence-corrected chi connectivity index (χ1v) is 10.6. The molecule has 11 heteroatoms. The summed E-state index contributed by atoms with van der Waals surface area (Å²) in [6.07, 6.45) is 3.90. The van der Waals surface area contributed by atoms with Crippen LogP contribution in [0.4, 0.5) is 24.5 Å². The summed E-state index contributed by atoms with van der Waals surface area (Å²) in [5.74, 6) is -1.25. The van der Waals surface area contributed by atoms with Crippen LogP contribution in [0.25, 0.3) is 11.1 Å². The van der Waals surface area contributed by atoms with E-state index in [0.717, 1.165) is 0 Å². The Morgan fingerprint density at radius 2 is 1.86 bits per heavy atom. The molecule has 0 fully saturated rings. The lowest BCUT2D eigenvalue weighted by molar-refractivity contribution is -0.0504. The van der Waals surface area contributed by atoms with Crippen molar-refractivity contribution in [3.63, 3.8) is 0 Å². The number of anilines is 2. The third-order valence-electron chi connectivity index (χ3n) is 5.46. The molecule has 0 unspecified atom stereocenters. The summed E-state index contributed by atoms with van der Waals surface area (Å²) in [6.45, 7) is -3.06. The Morgan fingerprint density at radius 3 is 2.53 bits per heavy atom. The summed E-state index contributed by atoms with van der Waals surface area (Å²) in [4.78, 5) is 34.1. The largest absolute Gasteiger partial charge is 0.435 e. The van der Waals surface area contributed by atoms with Crippen LogP contribution >= 0.6 is 0 Å². The van der Waals surface area contributed by atoms with E-state index in [1.165, 1.54) is 66.6 Å². The van der Waals surface area contributed by atoms with Crippen LogP contribution in [0.15, 0.2) is 71.9 Å². The number of nitrogens with zero attached hydrogens (tertiary/aromatic N) is 3. The van der Waals surface area contributed by atoms with Crippen molar-refractivity contribution in [1.82, 2.24) is 14.5 Å². The van der Waals surface area contributed by atoms with Gasteiger partial charge in [0, 0.05) is 31.4 Å². The minimum atomic E-state index is -3.06. The minimum absolute atomic E-state index is 0.0125. The topological polar surface area (TPSA) is 112 Å². The lowest BCUT2D eigenvalue weighted by Crippen LogP contribution is -2.28. The summed E-state index contributed by atoms with van der Waals surface area (Å²) in [6, 6.07) is 11.2. The Hall–Kier alpha value is -4.67. The molecule has 0 radical (unpaired) electrons. The van der Waals surface area contributed by atoms with Crippen LogP contribution in [0.3, 0.4) is 0 Å². The summed E-state index contributed by atoms with van der Waals surface area (Å²) in [7, 11) is 1.46. The number of nitrogens with one attached hydrogen (secondary N) is 1. The van der Waals surface area contributed by atoms with Gasteiger partial charge in [0.2, 0.25) is 0 Å².